The number of aromatic nitrogens is 3. The Morgan fingerprint density at radius 3 is 2.36 bits per heavy atom. The van der Waals surface area contributed by atoms with E-state index in [-0.39, 0.29) is 0 Å². The molecule has 0 fully saturated rings. The first kappa shape index (κ1) is 16.9. The predicted molar refractivity (Wildman–Crippen MR) is 102 cm³/mol. The molecule has 128 valence electrons. The molecule has 0 aliphatic rings. The zero-order chi connectivity index (χ0) is 17.6. The minimum atomic E-state index is 0.627. The molecule has 0 aliphatic heterocycles. The SMILES string of the molecule is CCN(Cc1ccccc1)c1nncc(Nc2c(C)cccc2C)n1. The molecule has 2 aromatic carbocycles. The quantitative estimate of drug-likeness (QED) is 0.730. The zero-order valence-corrected chi connectivity index (χ0v) is 14.9. The van der Waals surface area contributed by atoms with Crippen LogP contribution in [0.15, 0.2) is 54.7 Å². The van der Waals surface area contributed by atoms with Crippen LogP contribution in [0.4, 0.5) is 17.5 Å². The predicted octanol–water partition coefficient (Wildman–Crippen LogP) is 4.26. The van der Waals surface area contributed by atoms with Crippen LogP contribution >= 0.6 is 0 Å². The molecule has 25 heavy (non-hydrogen) atoms. The summed E-state index contributed by atoms with van der Waals surface area (Å²) in [7, 11) is 0. The monoisotopic (exact) mass is 333 g/mol. The molecule has 5 nitrogen and oxygen atoms in total. The minimum absolute atomic E-state index is 0.627. The van der Waals surface area contributed by atoms with E-state index >= 15 is 0 Å². The zero-order valence-electron chi connectivity index (χ0n) is 14.9. The van der Waals surface area contributed by atoms with Crippen LogP contribution in [0.5, 0.6) is 0 Å². The van der Waals surface area contributed by atoms with Crippen molar-refractivity contribution < 1.29 is 0 Å². The molecule has 1 aromatic heterocycles. The molecular formula is C20H23N5. The van der Waals surface area contributed by atoms with E-state index in [1.165, 1.54) is 16.7 Å². The number of nitrogens with zero attached hydrogens (tertiary/aromatic N) is 4. The fourth-order valence-electron chi connectivity index (χ4n) is 2.76. The number of hydrogen-bond acceptors (Lipinski definition) is 5. The van der Waals surface area contributed by atoms with Gasteiger partial charge in [0, 0.05) is 18.8 Å². The van der Waals surface area contributed by atoms with Gasteiger partial charge in [0.15, 0.2) is 5.82 Å². The van der Waals surface area contributed by atoms with Gasteiger partial charge in [-0.05, 0) is 37.5 Å². The van der Waals surface area contributed by atoms with Crippen molar-refractivity contribution in [3.05, 3.63) is 71.4 Å². The lowest BCUT2D eigenvalue weighted by Gasteiger charge is -2.21. The van der Waals surface area contributed by atoms with E-state index < -0.39 is 0 Å². The molecule has 1 N–H and O–H groups in total. The maximum atomic E-state index is 4.66. The van der Waals surface area contributed by atoms with Crippen molar-refractivity contribution in [3.63, 3.8) is 0 Å². The van der Waals surface area contributed by atoms with E-state index in [0.717, 1.165) is 18.8 Å². The summed E-state index contributed by atoms with van der Waals surface area (Å²) in [5.74, 6) is 1.33. The average Bonchev–Trinajstić information content (AvgIpc) is 2.64. The summed E-state index contributed by atoms with van der Waals surface area (Å²) in [6.07, 6.45) is 1.66. The maximum Gasteiger partial charge on any atom is 0.247 e. The molecule has 0 unspecified atom stereocenters. The van der Waals surface area contributed by atoms with Crippen LogP contribution in [0.3, 0.4) is 0 Å². The largest absolute Gasteiger partial charge is 0.338 e. The lowest BCUT2D eigenvalue weighted by molar-refractivity contribution is 0.771. The molecule has 3 aromatic rings. The van der Waals surface area contributed by atoms with Gasteiger partial charge in [0.1, 0.15) is 0 Å². The van der Waals surface area contributed by atoms with E-state index in [1.54, 1.807) is 6.20 Å². The third-order valence-electron chi connectivity index (χ3n) is 4.16. The Bertz CT molecular complexity index is 812. The third kappa shape index (κ3) is 4.12. The second kappa shape index (κ2) is 7.75. The Hall–Kier alpha value is -2.95. The topological polar surface area (TPSA) is 53.9 Å². The van der Waals surface area contributed by atoms with Gasteiger partial charge in [-0.2, -0.15) is 10.1 Å². The maximum absolute atomic E-state index is 4.66. The number of para-hydroxylation sites is 1. The lowest BCUT2D eigenvalue weighted by atomic mass is 10.1. The van der Waals surface area contributed by atoms with Crippen LogP contribution in [0.1, 0.15) is 23.6 Å². The Kier molecular flexibility index (Phi) is 5.23. The van der Waals surface area contributed by atoms with E-state index in [0.29, 0.717) is 11.8 Å². The normalized spacial score (nSPS) is 10.5. The molecule has 1 heterocycles. The molecule has 0 radical (unpaired) electrons. The van der Waals surface area contributed by atoms with Crippen molar-refractivity contribution in [2.24, 2.45) is 0 Å². The first-order chi connectivity index (χ1) is 12.2. The minimum Gasteiger partial charge on any atom is -0.338 e. The van der Waals surface area contributed by atoms with Gasteiger partial charge >= 0.3 is 0 Å². The number of hydrogen-bond donors (Lipinski definition) is 1. The third-order valence-corrected chi connectivity index (χ3v) is 4.16. The molecule has 0 atom stereocenters. The first-order valence-electron chi connectivity index (χ1n) is 8.49. The van der Waals surface area contributed by atoms with Crippen molar-refractivity contribution >= 4 is 17.5 Å². The molecule has 0 saturated carbocycles. The van der Waals surface area contributed by atoms with Crippen LogP contribution in [0, 0.1) is 13.8 Å². The summed E-state index contributed by atoms with van der Waals surface area (Å²) < 4.78 is 0. The van der Waals surface area contributed by atoms with Crippen LogP contribution in [-0.4, -0.2) is 21.7 Å². The van der Waals surface area contributed by atoms with E-state index in [4.69, 9.17) is 0 Å². The Morgan fingerprint density at radius 1 is 0.960 bits per heavy atom. The van der Waals surface area contributed by atoms with Crippen LogP contribution < -0.4 is 10.2 Å². The second-order valence-electron chi connectivity index (χ2n) is 6.03. The van der Waals surface area contributed by atoms with Crippen molar-refractivity contribution in [1.82, 2.24) is 15.2 Å². The Labute approximate surface area is 148 Å². The summed E-state index contributed by atoms with van der Waals surface area (Å²) in [6, 6.07) is 16.5. The number of aryl methyl sites for hydroxylation is 2. The molecule has 0 amide bonds. The van der Waals surface area contributed by atoms with Crippen molar-refractivity contribution in [2.45, 2.75) is 27.3 Å². The summed E-state index contributed by atoms with van der Waals surface area (Å²) in [5.41, 5.74) is 4.65. The first-order valence-corrected chi connectivity index (χ1v) is 8.49. The van der Waals surface area contributed by atoms with Crippen molar-refractivity contribution in [2.75, 3.05) is 16.8 Å². The van der Waals surface area contributed by atoms with E-state index in [9.17, 15) is 0 Å². The van der Waals surface area contributed by atoms with Gasteiger partial charge in [0.05, 0.1) is 6.20 Å². The van der Waals surface area contributed by atoms with Crippen molar-refractivity contribution in [1.29, 1.82) is 0 Å². The fraction of sp³-hybridized carbons (Fsp3) is 0.250. The standard InChI is InChI=1S/C20H23N5/c1-4-25(14-17-11-6-5-7-12-17)20-23-18(13-21-24-20)22-19-15(2)9-8-10-16(19)3/h5-13H,4,14H2,1-3H3,(H,22,23,24). The Morgan fingerprint density at radius 2 is 1.68 bits per heavy atom. The van der Waals surface area contributed by atoms with E-state index in [2.05, 4.69) is 76.5 Å². The molecule has 0 aliphatic carbocycles. The van der Waals surface area contributed by atoms with Gasteiger partial charge in [-0.3, -0.25) is 0 Å². The van der Waals surface area contributed by atoms with Gasteiger partial charge in [-0.1, -0.05) is 48.5 Å². The molecular weight excluding hydrogens is 310 g/mol. The summed E-state index contributed by atoms with van der Waals surface area (Å²) in [5, 5.41) is 11.7. The summed E-state index contributed by atoms with van der Waals surface area (Å²) in [4.78, 5) is 6.77. The summed E-state index contributed by atoms with van der Waals surface area (Å²) in [6.45, 7) is 7.82. The van der Waals surface area contributed by atoms with Gasteiger partial charge in [-0.25, -0.2) is 0 Å². The van der Waals surface area contributed by atoms with Crippen LogP contribution in [0.2, 0.25) is 0 Å². The van der Waals surface area contributed by atoms with Crippen molar-refractivity contribution in [3.8, 4) is 0 Å². The van der Waals surface area contributed by atoms with Crippen LogP contribution in [-0.2, 0) is 6.54 Å². The number of nitrogens with one attached hydrogen (secondary N) is 1. The molecule has 0 spiro atoms. The molecule has 5 heteroatoms. The highest BCUT2D eigenvalue weighted by Crippen LogP contribution is 2.23. The molecule has 0 saturated heterocycles. The fourth-order valence-corrected chi connectivity index (χ4v) is 2.76. The highest BCUT2D eigenvalue weighted by Gasteiger charge is 2.11. The number of rotatable bonds is 6. The van der Waals surface area contributed by atoms with Gasteiger partial charge in [0.25, 0.3) is 0 Å². The molecule has 3 rings (SSSR count). The smallest absolute Gasteiger partial charge is 0.247 e. The van der Waals surface area contributed by atoms with Crippen LogP contribution in [0.25, 0.3) is 0 Å². The second-order valence-corrected chi connectivity index (χ2v) is 6.03. The lowest BCUT2D eigenvalue weighted by Crippen LogP contribution is -2.24. The van der Waals surface area contributed by atoms with Gasteiger partial charge in [-0.15, -0.1) is 5.10 Å². The van der Waals surface area contributed by atoms with Gasteiger partial charge < -0.3 is 10.2 Å². The highest BCUT2D eigenvalue weighted by molar-refractivity contribution is 5.64. The summed E-state index contributed by atoms with van der Waals surface area (Å²) >= 11 is 0. The number of benzene rings is 2. The highest BCUT2D eigenvalue weighted by atomic mass is 15.3. The van der Waals surface area contributed by atoms with Gasteiger partial charge in [0.2, 0.25) is 5.95 Å². The Balaban J connectivity index is 1.83. The average molecular weight is 333 g/mol. The number of anilines is 3. The molecule has 0 bridgehead atoms. The van der Waals surface area contributed by atoms with E-state index in [1.807, 2.05) is 18.2 Å².